The number of aromatic hydroxyl groups is 1. The molecular weight excluding hydrogens is 463 g/mol. The zero-order valence-corrected chi connectivity index (χ0v) is 20.1. The summed E-state index contributed by atoms with van der Waals surface area (Å²) >= 11 is 0. The number of hydrogen-bond donors (Lipinski definition) is 3. The lowest BCUT2D eigenvalue weighted by atomic mass is 9.81. The molecule has 1 saturated heterocycles. The number of phenols is 1. The number of nitrogens with one attached hydrogen (secondary N) is 2. The summed E-state index contributed by atoms with van der Waals surface area (Å²) in [5.74, 6) is 1.84. The van der Waals surface area contributed by atoms with E-state index < -0.39 is 23.4 Å². The Hall–Kier alpha value is -4.03. The number of phenolic OH excluding ortho intramolecular Hbond substituents is 1. The fraction of sp³-hybridized carbons (Fsp3) is 0.333. The van der Waals surface area contributed by atoms with E-state index in [9.17, 15) is 19.1 Å². The van der Waals surface area contributed by atoms with Crippen LogP contribution in [0.25, 0.3) is 10.9 Å². The van der Waals surface area contributed by atoms with Gasteiger partial charge in [-0.15, -0.1) is 6.42 Å². The van der Waals surface area contributed by atoms with Gasteiger partial charge in [-0.3, -0.25) is 14.6 Å². The molecule has 3 heterocycles. The average molecular weight is 491 g/mol. The number of methoxy groups -OCH3 is 1. The third-order valence-electron chi connectivity index (χ3n) is 7.09. The summed E-state index contributed by atoms with van der Waals surface area (Å²) < 4.78 is 19.7. The number of amides is 3. The standard InChI is InChI=1S/C27H27FN4O4/c1-4-9-29-10-6-11-31-25(34)27(2)15-19-18-13-22(36-3)20(28)14-21(18)30-23(19)24(32(27)26(31)35)16-7-5-8-17(33)12-16/h1,5,7-8,12-14,24,29-30,33H,6,9-11,15H2,2-3H3. The van der Waals surface area contributed by atoms with Crippen molar-refractivity contribution in [3.8, 4) is 23.8 Å². The van der Waals surface area contributed by atoms with E-state index in [4.69, 9.17) is 11.2 Å². The number of ether oxygens (including phenoxy) is 1. The van der Waals surface area contributed by atoms with Crippen molar-refractivity contribution in [2.45, 2.75) is 31.3 Å². The Bertz CT molecular complexity index is 1410. The highest BCUT2D eigenvalue weighted by atomic mass is 19.1. The molecule has 0 spiro atoms. The van der Waals surface area contributed by atoms with Crippen LogP contribution in [0.5, 0.6) is 11.5 Å². The van der Waals surface area contributed by atoms with Crippen LogP contribution >= 0.6 is 0 Å². The molecule has 3 aromatic rings. The summed E-state index contributed by atoms with van der Waals surface area (Å²) in [7, 11) is 1.40. The van der Waals surface area contributed by atoms with E-state index in [0.717, 1.165) is 10.9 Å². The average Bonchev–Trinajstić information content (AvgIpc) is 3.28. The van der Waals surface area contributed by atoms with Crippen LogP contribution in [0.3, 0.4) is 0 Å². The number of carbonyl (C=O) groups excluding carboxylic acids is 2. The maximum Gasteiger partial charge on any atom is 0.328 e. The third-order valence-corrected chi connectivity index (χ3v) is 7.09. The molecule has 186 valence electrons. The van der Waals surface area contributed by atoms with Crippen LogP contribution in [0.1, 0.15) is 36.2 Å². The number of H-pyrrole nitrogens is 1. The van der Waals surface area contributed by atoms with Gasteiger partial charge in [0.05, 0.1) is 13.7 Å². The van der Waals surface area contributed by atoms with Crippen LogP contribution in [0.15, 0.2) is 36.4 Å². The highest BCUT2D eigenvalue weighted by Crippen LogP contribution is 2.49. The molecule has 0 aliphatic carbocycles. The predicted octanol–water partition coefficient (Wildman–Crippen LogP) is 3.30. The fourth-order valence-electron chi connectivity index (χ4n) is 5.43. The van der Waals surface area contributed by atoms with Crippen LogP contribution in [0.2, 0.25) is 0 Å². The lowest BCUT2D eigenvalue weighted by Gasteiger charge is -2.42. The smallest absolute Gasteiger partial charge is 0.328 e. The van der Waals surface area contributed by atoms with Gasteiger partial charge in [-0.2, -0.15) is 0 Å². The summed E-state index contributed by atoms with van der Waals surface area (Å²) in [6.07, 6.45) is 6.08. The van der Waals surface area contributed by atoms with Gasteiger partial charge in [0.1, 0.15) is 17.3 Å². The van der Waals surface area contributed by atoms with Crippen LogP contribution < -0.4 is 10.1 Å². The Balaban J connectivity index is 1.63. The summed E-state index contributed by atoms with van der Waals surface area (Å²) in [5.41, 5.74) is 1.52. The molecule has 9 heteroatoms. The summed E-state index contributed by atoms with van der Waals surface area (Å²) in [5, 5.41) is 14.0. The van der Waals surface area contributed by atoms with E-state index in [1.807, 2.05) is 0 Å². The fourth-order valence-corrected chi connectivity index (χ4v) is 5.43. The first-order valence-corrected chi connectivity index (χ1v) is 11.8. The molecule has 1 fully saturated rings. The Morgan fingerprint density at radius 2 is 2.14 bits per heavy atom. The first kappa shape index (κ1) is 23.7. The molecule has 36 heavy (non-hydrogen) atoms. The highest BCUT2D eigenvalue weighted by molar-refractivity contribution is 6.08. The van der Waals surface area contributed by atoms with Gasteiger partial charge in [0, 0.05) is 35.6 Å². The maximum atomic E-state index is 14.5. The number of aromatic amines is 1. The minimum Gasteiger partial charge on any atom is -0.508 e. The minimum absolute atomic E-state index is 0.0413. The van der Waals surface area contributed by atoms with E-state index in [1.165, 1.54) is 18.1 Å². The van der Waals surface area contributed by atoms with Gasteiger partial charge in [0.25, 0.3) is 5.91 Å². The third kappa shape index (κ3) is 3.57. The molecule has 5 rings (SSSR count). The van der Waals surface area contributed by atoms with E-state index >= 15 is 0 Å². The van der Waals surface area contributed by atoms with Crippen molar-refractivity contribution in [3.05, 3.63) is 59.0 Å². The number of hydrogen-bond acceptors (Lipinski definition) is 5. The molecule has 2 aromatic carbocycles. The van der Waals surface area contributed by atoms with Gasteiger partial charge in [-0.25, -0.2) is 9.18 Å². The van der Waals surface area contributed by atoms with E-state index in [0.29, 0.717) is 36.3 Å². The van der Waals surface area contributed by atoms with Crippen molar-refractivity contribution in [2.75, 3.05) is 26.7 Å². The number of rotatable bonds is 7. The minimum atomic E-state index is -1.16. The Morgan fingerprint density at radius 1 is 1.33 bits per heavy atom. The van der Waals surface area contributed by atoms with Crippen LogP contribution in [0.4, 0.5) is 9.18 Å². The predicted molar refractivity (Wildman–Crippen MR) is 132 cm³/mol. The van der Waals surface area contributed by atoms with Crippen molar-refractivity contribution < 1.29 is 23.8 Å². The number of benzene rings is 2. The number of imide groups is 1. The van der Waals surface area contributed by atoms with Crippen molar-refractivity contribution in [1.29, 1.82) is 0 Å². The molecule has 3 amide bonds. The largest absolute Gasteiger partial charge is 0.508 e. The van der Waals surface area contributed by atoms with Gasteiger partial charge in [-0.1, -0.05) is 18.1 Å². The van der Waals surface area contributed by atoms with E-state index in [1.54, 1.807) is 42.2 Å². The van der Waals surface area contributed by atoms with E-state index in [2.05, 4.69) is 16.2 Å². The van der Waals surface area contributed by atoms with Gasteiger partial charge in [-0.05, 0) is 49.2 Å². The molecule has 2 aliphatic rings. The SMILES string of the molecule is C#CCNCCCN1C(=O)N2C(c3cccc(O)c3)c3[nH]c4cc(F)c(OC)cc4c3CC2(C)C1=O. The first-order chi connectivity index (χ1) is 17.3. The second-order valence-corrected chi connectivity index (χ2v) is 9.34. The number of nitrogens with zero attached hydrogens (tertiary/aromatic N) is 2. The number of halogens is 1. The first-order valence-electron chi connectivity index (χ1n) is 11.8. The molecule has 2 aliphatic heterocycles. The normalized spacial score (nSPS) is 21.0. The summed E-state index contributed by atoms with van der Waals surface area (Å²) in [6, 6.07) is 8.51. The topological polar surface area (TPSA) is 97.9 Å². The Kier molecular flexibility index (Phi) is 5.85. The quantitative estimate of drug-likeness (QED) is 0.268. The highest BCUT2D eigenvalue weighted by Gasteiger charge is 2.60. The molecule has 0 bridgehead atoms. The zero-order valence-electron chi connectivity index (χ0n) is 20.1. The van der Waals surface area contributed by atoms with Gasteiger partial charge in [0.15, 0.2) is 11.6 Å². The second kappa shape index (κ2) is 8.88. The van der Waals surface area contributed by atoms with Crippen LogP contribution in [0, 0.1) is 18.2 Å². The molecule has 1 aromatic heterocycles. The number of terminal acetylenes is 1. The van der Waals surface area contributed by atoms with Crippen molar-refractivity contribution in [3.63, 3.8) is 0 Å². The second-order valence-electron chi connectivity index (χ2n) is 9.34. The van der Waals surface area contributed by atoms with Crippen LogP contribution in [-0.4, -0.2) is 64.1 Å². The van der Waals surface area contributed by atoms with Gasteiger partial charge >= 0.3 is 6.03 Å². The number of carbonyl (C=O) groups is 2. The molecular formula is C27H27FN4O4. The van der Waals surface area contributed by atoms with Crippen molar-refractivity contribution in [1.82, 2.24) is 20.1 Å². The van der Waals surface area contributed by atoms with Crippen molar-refractivity contribution >= 4 is 22.8 Å². The zero-order chi connectivity index (χ0) is 25.6. The lowest BCUT2D eigenvalue weighted by Crippen LogP contribution is -2.53. The Labute approximate surface area is 208 Å². The molecule has 3 N–H and O–H groups in total. The molecule has 0 radical (unpaired) electrons. The van der Waals surface area contributed by atoms with Crippen LogP contribution in [-0.2, 0) is 11.2 Å². The summed E-state index contributed by atoms with van der Waals surface area (Å²) in [6.45, 7) is 3.00. The molecule has 8 nitrogen and oxygen atoms in total. The molecule has 0 saturated carbocycles. The monoisotopic (exact) mass is 490 g/mol. The number of fused-ring (bicyclic) bond motifs is 4. The van der Waals surface area contributed by atoms with E-state index in [-0.39, 0.29) is 30.4 Å². The molecule has 2 atom stereocenters. The number of aromatic nitrogens is 1. The summed E-state index contributed by atoms with van der Waals surface area (Å²) in [4.78, 5) is 33.7. The molecule has 2 unspecified atom stereocenters. The van der Waals surface area contributed by atoms with Crippen molar-refractivity contribution in [2.24, 2.45) is 0 Å². The Morgan fingerprint density at radius 3 is 2.86 bits per heavy atom. The number of urea groups is 1. The maximum absolute atomic E-state index is 14.5. The van der Waals surface area contributed by atoms with Gasteiger partial charge < -0.3 is 20.1 Å². The van der Waals surface area contributed by atoms with Gasteiger partial charge in [0.2, 0.25) is 0 Å². The lowest BCUT2D eigenvalue weighted by molar-refractivity contribution is -0.133.